The van der Waals surface area contributed by atoms with Gasteiger partial charge in [-0.05, 0) is 47.1 Å². The van der Waals surface area contributed by atoms with Gasteiger partial charge in [-0.15, -0.1) is 0 Å². The summed E-state index contributed by atoms with van der Waals surface area (Å²) in [5.74, 6) is 0. The Morgan fingerprint density at radius 2 is 1.70 bits per heavy atom. The summed E-state index contributed by atoms with van der Waals surface area (Å²) in [4.78, 5) is 0. The fraction of sp³-hybridized carbons (Fsp3) is 0.611. The lowest BCUT2D eigenvalue weighted by molar-refractivity contribution is 0.0731. The van der Waals surface area contributed by atoms with Gasteiger partial charge in [0.2, 0.25) is 0 Å². The highest BCUT2D eigenvalue weighted by Gasteiger charge is 2.33. The van der Waals surface area contributed by atoms with Crippen LogP contribution in [0.3, 0.4) is 0 Å². The first-order valence-corrected chi connectivity index (χ1v) is 9.21. The van der Waals surface area contributed by atoms with Crippen molar-refractivity contribution in [2.75, 3.05) is 0 Å². The molecule has 0 saturated heterocycles. The third-order valence-corrected chi connectivity index (χ3v) is 5.56. The van der Waals surface area contributed by atoms with Crippen molar-refractivity contribution in [1.82, 2.24) is 4.67 Å². The van der Waals surface area contributed by atoms with E-state index in [1.807, 2.05) is 44.2 Å². The van der Waals surface area contributed by atoms with Crippen LogP contribution in [0, 0.1) is 11.3 Å². The second kappa shape index (κ2) is 9.35. The number of nitriles is 1. The summed E-state index contributed by atoms with van der Waals surface area (Å²) in [5, 5.41) is 9.00. The molecule has 0 aliphatic rings. The lowest BCUT2D eigenvalue weighted by Crippen LogP contribution is -2.36. The zero-order valence-electron chi connectivity index (χ0n) is 15.1. The highest BCUT2D eigenvalue weighted by Crippen LogP contribution is 2.50. The first-order valence-electron chi connectivity index (χ1n) is 8.08. The van der Waals surface area contributed by atoms with Crippen molar-refractivity contribution in [3.05, 3.63) is 35.9 Å². The quantitative estimate of drug-likeness (QED) is 0.577. The number of rotatable bonds is 9. The standard InChI is InChI=1S/C18H29N2O2P/c1-15(2)20(16(3)4)23(22-18(5,6)12-13-19)21-14-17-10-8-7-9-11-17/h7-11,15-16H,12,14H2,1-6H3. The molecule has 0 amide bonds. The van der Waals surface area contributed by atoms with Gasteiger partial charge in [-0.3, -0.25) is 0 Å². The zero-order valence-corrected chi connectivity index (χ0v) is 16.0. The maximum atomic E-state index is 9.00. The molecule has 5 heteroatoms. The van der Waals surface area contributed by atoms with Crippen molar-refractivity contribution in [2.45, 2.75) is 72.3 Å². The SMILES string of the molecule is CC(C)N(C(C)C)P(OCc1ccccc1)OC(C)(C)CC#N. The van der Waals surface area contributed by atoms with Gasteiger partial charge in [0.25, 0.3) is 8.53 Å². The van der Waals surface area contributed by atoms with Crippen LogP contribution in [0.5, 0.6) is 0 Å². The van der Waals surface area contributed by atoms with E-state index in [9.17, 15) is 0 Å². The summed E-state index contributed by atoms with van der Waals surface area (Å²) in [6.45, 7) is 12.9. The molecular weight excluding hydrogens is 307 g/mol. The van der Waals surface area contributed by atoms with Gasteiger partial charge in [-0.2, -0.15) is 5.26 Å². The lowest BCUT2D eigenvalue weighted by atomic mass is 10.1. The third-order valence-electron chi connectivity index (χ3n) is 3.26. The molecule has 0 radical (unpaired) electrons. The van der Waals surface area contributed by atoms with Gasteiger partial charge in [0.05, 0.1) is 24.7 Å². The molecule has 1 aromatic carbocycles. The summed E-state index contributed by atoms with van der Waals surface area (Å²) in [5.41, 5.74) is 0.591. The van der Waals surface area contributed by atoms with Crippen molar-refractivity contribution in [3.63, 3.8) is 0 Å². The Labute approximate surface area is 142 Å². The van der Waals surface area contributed by atoms with Crippen LogP contribution in [0.25, 0.3) is 0 Å². The number of hydrogen-bond donors (Lipinski definition) is 0. The molecule has 128 valence electrons. The first-order chi connectivity index (χ1) is 10.8. The van der Waals surface area contributed by atoms with Gasteiger partial charge in [0.15, 0.2) is 0 Å². The van der Waals surface area contributed by atoms with Crippen LogP contribution in [0.2, 0.25) is 0 Å². The lowest BCUT2D eigenvalue weighted by Gasteiger charge is -2.39. The van der Waals surface area contributed by atoms with E-state index < -0.39 is 14.1 Å². The van der Waals surface area contributed by atoms with Gasteiger partial charge in [-0.25, -0.2) is 4.67 Å². The summed E-state index contributed by atoms with van der Waals surface area (Å²) in [7, 11) is -1.24. The molecule has 0 aliphatic carbocycles. The van der Waals surface area contributed by atoms with E-state index in [1.165, 1.54) is 0 Å². The molecule has 0 aromatic heterocycles. The Hall–Kier alpha value is -0.980. The zero-order chi connectivity index (χ0) is 17.5. The molecule has 0 aliphatic heterocycles. The molecule has 23 heavy (non-hydrogen) atoms. The Morgan fingerprint density at radius 1 is 1.13 bits per heavy atom. The minimum atomic E-state index is -1.24. The molecule has 0 N–H and O–H groups in total. The smallest absolute Gasteiger partial charge is 0.260 e. The Bertz CT molecular complexity index is 489. The Morgan fingerprint density at radius 3 is 2.17 bits per heavy atom. The van der Waals surface area contributed by atoms with Gasteiger partial charge in [0.1, 0.15) is 0 Å². The van der Waals surface area contributed by atoms with Crippen LogP contribution < -0.4 is 0 Å². The fourth-order valence-electron chi connectivity index (χ4n) is 2.25. The van der Waals surface area contributed by atoms with Gasteiger partial charge >= 0.3 is 0 Å². The van der Waals surface area contributed by atoms with E-state index in [4.69, 9.17) is 14.3 Å². The van der Waals surface area contributed by atoms with E-state index in [1.54, 1.807) is 0 Å². The van der Waals surface area contributed by atoms with Crippen LogP contribution >= 0.6 is 8.53 Å². The number of hydrogen-bond acceptors (Lipinski definition) is 4. The van der Waals surface area contributed by atoms with E-state index >= 15 is 0 Å². The second-order valence-corrected chi connectivity index (χ2v) is 8.13. The molecule has 1 aromatic rings. The van der Waals surface area contributed by atoms with Crippen molar-refractivity contribution in [1.29, 1.82) is 5.26 Å². The van der Waals surface area contributed by atoms with Crippen molar-refractivity contribution < 1.29 is 9.05 Å². The van der Waals surface area contributed by atoms with Crippen LogP contribution in [0.1, 0.15) is 53.5 Å². The van der Waals surface area contributed by atoms with E-state index in [-0.39, 0.29) is 0 Å². The van der Waals surface area contributed by atoms with Gasteiger partial charge in [-0.1, -0.05) is 30.3 Å². The van der Waals surface area contributed by atoms with Crippen LogP contribution in [-0.4, -0.2) is 22.4 Å². The maximum Gasteiger partial charge on any atom is 0.260 e. The van der Waals surface area contributed by atoms with Gasteiger partial charge < -0.3 is 9.05 Å². The Balaban J connectivity index is 2.89. The first kappa shape index (κ1) is 20.1. The highest BCUT2D eigenvalue weighted by atomic mass is 31.2. The van der Waals surface area contributed by atoms with Crippen molar-refractivity contribution >= 4 is 8.53 Å². The Kier molecular flexibility index (Phi) is 8.16. The van der Waals surface area contributed by atoms with Gasteiger partial charge in [0, 0.05) is 12.1 Å². The number of nitrogens with zero attached hydrogens (tertiary/aromatic N) is 2. The van der Waals surface area contributed by atoms with Crippen LogP contribution in [0.15, 0.2) is 30.3 Å². The summed E-state index contributed by atoms with van der Waals surface area (Å²) in [6.07, 6.45) is 0.338. The molecule has 1 unspecified atom stereocenters. The van der Waals surface area contributed by atoms with E-state index in [2.05, 4.69) is 38.4 Å². The van der Waals surface area contributed by atoms with E-state index in [0.717, 1.165) is 5.56 Å². The average molecular weight is 336 g/mol. The van der Waals surface area contributed by atoms with Crippen molar-refractivity contribution in [2.24, 2.45) is 0 Å². The van der Waals surface area contributed by atoms with Crippen LogP contribution in [0.4, 0.5) is 0 Å². The molecule has 0 fully saturated rings. The maximum absolute atomic E-state index is 9.00. The summed E-state index contributed by atoms with van der Waals surface area (Å²) >= 11 is 0. The minimum Gasteiger partial charge on any atom is -0.317 e. The van der Waals surface area contributed by atoms with E-state index in [0.29, 0.717) is 25.1 Å². The highest BCUT2D eigenvalue weighted by molar-refractivity contribution is 7.44. The summed E-state index contributed by atoms with van der Waals surface area (Å²) in [6, 6.07) is 12.9. The molecule has 0 heterocycles. The largest absolute Gasteiger partial charge is 0.317 e. The minimum absolute atomic E-state index is 0.301. The fourth-order valence-corrected chi connectivity index (χ4v) is 4.03. The predicted molar refractivity (Wildman–Crippen MR) is 95.7 cm³/mol. The molecule has 0 spiro atoms. The predicted octanol–water partition coefficient (Wildman–Crippen LogP) is 5.26. The molecule has 1 atom stereocenters. The molecule has 4 nitrogen and oxygen atoms in total. The van der Waals surface area contributed by atoms with Crippen LogP contribution in [-0.2, 0) is 15.7 Å². The monoisotopic (exact) mass is 336 g/mol. The second-order valence-electron chi connectivity index (χ2n) is 6.75. The number of benzene rings is 1. The summed E-state index contributed by atoms with van der Waals surface area (Å²) < 4.78 is 14.6. The average Bonchev–Trinajstić information content (AvgIpc) is 2.44. The van der Waals surface area contributed by atoms with Crippen molar-refractivity contribution in [3.8, 4) is 6.07 Å². The topological polar surface area (TPSA) is 45.5 Å². The molecule has 0 saturated carbocycles. The third kappa shape index (κ3) is 6.97. The molecule has 1 rings (SSSR count). The normalized spacial score (nSPS) is 13.6. The molecular formula is C18H29N2O2P. The molecule has 0 bridgehead atoms.